The summed E-state index contributed by atoms with van der Waals surface area (Å²) in [4.78, 5) is 2.44. The normalized spacial score (nSPS) is 18.3. The van der Waals surface area contributed by atoms with Gasteiger partial charge in [-0.2, -0.15) is 0 Å². The van der Waals surface area contributed by atoms with E-state index in [1.165, 1.54) is 22.3 Å². The predicted octanol–water partition coefficient (Wildman–Crippen LogP) is 4.52. The van der Waals surface area contributed by atoms with Crippen molar-refractivity contribution in [3.63, 3.8) is 0 Å². The van der Waals surface area contributed by atoms with Crippen LogP contribution in [0.5, 0.6) is 11.5 Å². The van der Waals surface area contributed by atoms with Gasteiger partial charge in [0.05, 0.1) is 5.56 Å². The molecular weight excluding hydrogens is 322 g/mol. The Morgan fingerprint density at radius 3 is 2.23 bits per heavy atom. The van der Waals surface area contributed by atoms with Gasteiger partial charge in [0.2, 0.25) is 0 Å². The van der Waals surface area contributed by atoms with Crippen molar-refractivity contribution in [2.75, 3.05) is 13.6 Å². The quantitative estimate of drug-likeness (QED) is 0.683. The van der Waals surface area contributed by atoms with Gasteiger partial charge >= 0.3 is 0 Å². The van der Waals surface area contributed by atoms with E-state index in [2.05, 4.69) is 36.2 Å². The van der Waals surface area contributed by atoms with Crippen molar-refractivity contribution in [2.45, 2.75) is 18.9 Å². The number of nitrogens with zero attached hydrogens (tertiary/aromatic N) is 1. The molecule has 0 saturated carbocycles. The molecule has 0 radical (unpaired) electrons. The Morgan fingerprint density at radius 2 is 1.46 bits per heavy atom. The summed E-state index contributed by atoms with van der Waals surface area (Å²) < 4.78 is 0. The van der Waals surface area contributed by atoms with Gasteiger partial charge in [0.25, 0.3) is 0 Å². The topological polar surface area (TPSA) is 43.7 Å². The summed E-state index contributed by atoms with van der Waals surface area (Å²) in [5, 5.41) is 20.9. The minimum absolute atomic E-state index is 0.113. The molecule has 0 amide bonds. The minimum atomic E-state index is 0.113. The number of benzene rings is 3. The molecule has 0 fully saturated rings. The maximum absolute atomic E-state index is 10.4. The van der Waals surface area contributed by atoms with Crippen LogP contribution in [-0.2, 0) is 12.8 Å². The second-order valence-electron chi connectivity index (χ2n) is 7.34. The molecule has 3 aromatic carbocycles. The molecule has 1 aliphatic heterocycles. The molecule has 0 aromatic heterocycles. The number of fused-ring (bicyclic) bond motifs is 2. The van der Waals surface area contributed by atoms with Crippen LogP contribution in [0.3, 0.4) is 0 Å². The van der Waals surface area contributed by atoms with E-state index < -0.39 is 0 Å². The number of aromatic hydroxyl groups is 2. The summed E-state index contributed by atoms with van der Waals surface area (Å²) >= 11 is 0. The monoisotopic (exact) mass is 343 g/mol. The molecule has 0 saturated heterocycles. The van der Waals surface area contributed by atoms with E-state index in [0.29, 0.717) is 11.6 Å². The van der Waals surface area contributed by atoms with Gasteiger partial charge in [0.1, 0.15) is 11.5 Å². The maximum atomic E-state index is 10.4. The summed E-state index contributed by atoms with van der Waals surface area (Å²) in [6.45, 7) is 1.08. The molecule has 3 nitrogen and oxygen atoms in total. The molecule has 26 heavy (non-hydrogen) atoms. The van der Waals surface area contributed by atoms with Crippen LogP contribution in [0.2, 0.25) is 0 Å². The van der Waals surface area contributed by atoms with Crippen molar-refractivity contribution in [1.82, 2.24) is 4.90 Å². The Kier molecular flexibility index (Phi) is 3.34. The summed E-state index contributed by atoms with van der Waals surface area (Å²) in [7, 11) is 2.20. The SMILES string of the molecule is CN1CCc2cccc3c2[C@H]1Cc1cccc(-c2c(O)cccc2O)c1-3. The number of likely N-dealkylation sites (N-methyl/N-ethyl adjacent to an activating group) is 1. The van der Waals surface area contributed by atoms with Crippen LogP contribution in [-0.4, -0.2) is 28.7 Å². The molecule has 130 valence electrons. The standard InChI is InChI=1S/C23H21NO2/c1-24-12-11-14-5-2-7-16-21-15(13-18(24)22(14)16)6-3-8-17(21)23-19(25)9-4-10-20(23)26/h2-10,18,25-26H,11-13H2,1H3/t18-/m1/s1. The molecule has 0 unspecified atom stereocenters. The van der Waals surface area contributed by atoms with Gasteiger partial charge in [0, 0.05) is 12.6 Å². The molecule has 1 heterocycles. The molecule has 5 rings (SSSR count). The fourth-order valence-electron chi connectivity index (χ4n) is 4.68. The van der Waals surface area contributed by atoms with Crippen LogP contribution in [0.15, 0.2) is 54.6 Å². The van der Waals surface area contributed by atoms with Gasteiger partial charge in [0.15, 0.2) is 0 Å². The van der Waals surface area contributed by atoms with Crippen LogP contribution in [0.4, 0.5) is 0 Å². The average molecular weight is 343 g/mol. The first kappa shape index (κ1) is 15.5. The minimum Gasteiger partial charge on any atom is -0.507 e. The zero-order valence-corrected chi connectivity index (χ0v) is 14.7. The van der Waals surface area contributed by atoms with E-state index in [0.717, 1.165) is 30.5 Å². The summed E-state index contributed by atoms with van der Waals surface area (Å²) in [5.74, 6) is 0.227. The zero-order valence-electron chi connectivity index (χ0n) is 14.7. The first-order valence-corrected chi connectivity index (χ1v) is 9.10. The van der Waals surface area contributed by atoms with E-state index in [1.54, 1.807) is 18.2 Å². The lowest BCUT2D eigenvalue weighted by Crippen LogP contribution is -2.35. The number of rotatable bonds is 1. The van der Waals surface area contributed by atoms with Gasteiger partial charge in [-0.15, -0.1) is 0 Å². The Bertz CT molecular complexity index is 1000. The molecule has 3 heteroatoms. The van der Waals surface area contributed by atoms with Crippen molar-refractivity contribution in [1.29, 1.82) is 0 Å². The molecular formula is C23H21NO2. The van der Waals surface area contributed by atoms with Gasteiger partial charge in [-0.3, -0.25) is 4.90 Å². The van der Waals surface area contributed by atoms with Crippen LogP contribution in [0, 0.1) is 0 Å². The fraction of sp³-hybridized carbons (Fsp3) is 0.217. The molecule has 2 N–H and O–H groups in total. The fourth-order valence-corrected chi connectivity index (χ4v) is 4.68. The average Bonchev–Trinajstić information content (AvgIpc) is 2.64. The molecule has 2 aliphatic rings. The van der Waals surface area contributed by atoms with Crippen molar-refractivity contribution in [2.24, 2.45) is 0 Å². The summed E-state index contributed by atoms with van der Waals surface area (Å²) in [6.07, 6.45) is 2.02. The third kappa shape index (κ3) is 2.10. The first-order valence-electron chi connectivity index (χ1n) is 9.10. The lowest BCUT2D eigenvalue weighted by molar-refractivity contribution is 0.228. The summed E-state index contributed by atoms with van der Waals surface area (Å²) in [6, 6.07) is 18.1. The Labute approximate surface area is 153 Å². The van der Waals surface area contributed by atoms with Gasteiger partial charge in [-0.1, -0.05) is 42.5 Å². The van der Waals surface area contributed by atoms with Crippen molar-refractivity contribution < 1.29 is 10.2 Å². The number of hydrogen-bond acceptors (Lipinski definition) is 3. The highest BCUT2D eigenvalue weighted by Crippen LogP contribution is 2.50. The van der Waals surface area contributed by atoms with E-state index in [-0.39, 0.29) is 11.5 Å². The van der Waals surface area contributed by atoms with E-state index in [1.807, 2.05) is 12.1 Å². The molecule has 0 spiro atoms. The van der Waals surface area contributed by atoms with Crippen LogP contribution in [0.1, 0.15) is 22.7 Å². The van der Waals surface area contributed by atoms with Crippen molar-refractivity contribution in [3.05, 3.63) is 71.3 Å². The largest absolute Gasteiger partial charge is 0.507 e. The summed E-state index contributed by atoms with van der Waals surface area (Å²) in [5.41, 5.74) is 7.91. The molecule has 0 bridgehead atoms. The first-order chi connectivity index (χ1) is 12.6. The Balaban J connectivity index is 1.83. The number of hydrogen-bond donors (Lipinski definition) is 2. The van der Waals surface area contributed by atoms with Crippen LogP contribution < -0.4 is 0 Å². The Hall–Kier alpha value is -2.78. The van der Waals surface area contributed by atoms with Crippen LogP contribution in [0.25, 0.3) is 22.3 Å². The zero-order chi connectivity index (χ0) is 17.8. The predicted molar refractivity (Wildman–Crippen MR) is 103 cm³/mol. The Morgan fingerprint density at radius 1 is 0.808 bits per heavy atom. The van der Waals surface area contributed by atoms with Crippen molar-refractivity contribution in [3.8, 4) is 33.8 Å². The van der Waals surface area contributed by atoms with Crippen LogP contribution >= 0.6 is 0 Å². The van der Waals surface area contributed by atoms with E-state index in [9.17, 15) is 10.2 Å². The van der Waals surface area contributed by atoms with Gasteiger partial charge < -0.3 is 10.2 Å². The third-order valence-corrected chi connectivity index (χ3v) is 5.92. The highest BCUT2D eigenvalue weighted by atomic mass is 16.3. The second kappa shape index (κ2) is 5.61. The smallest absolute Gasteiger partial charge is 0.127 e. The van der Waals surface area contributed by atoms with Crippen molar-refractivity contribution >= 4 is 0 Å². The third-order valence-electron chi connectivity index (χ3n) is 5.92. The maximum Gasteiger partial charge on any atom is 0.127 e. The molecule has 1 aliphatic carbocycles. The lowest BCUT2D eigenvalue weighted by atomic mass is 9.75. The lowest BCUT2D eigenvalue weighted by Gasteiger charge is -2.40. The highest BCUT2D eigenvalue weighted by Gasteiger charge is 2.33. The van der Waals surface area contributed by atoms with E-state index >= 15 is 0 Å². The molecule has 1 atom stereocenters. The van der Waals surface area contributed by atoms with Gasteiger partial charge in [-0.05, 0) is 65.4 Å². The van der Waals surface area contributed by atoms with E-state index in [4.69, 9.17) is 0 Å². The molecule has 3 aromatic rings. The second-order valence-corrected chi connectivity index (χ2v) is 7.34. The van der Waals surface area contributed by atoms with Gasteiger partial charge in [-0.25, -0.2) is 0 Å². The number of phenolic OH excluding ortho intramolecular Hbond substituents is 2. The number of phenols is 2. The highest BCUT2D eigenvalue weighted by molar-refractivity contribution is 5.92.